The molecule has 8 heteroatoms. The molecule has 0 bridgehead atoms. The molecule has 7 nitrogen and oxygen atoms in total. The molecule has 0 radical (unpaired) electrons. The number of rotatable bonds is 5. The van der Waals surface area contributed by atoms with Crippen LogP contribution >= 0.6 is 0 Å². The second kappa shape index (κ2) is 6.04. The molecule has 0 fully saturated rings. The molecular weight excluding hydrogens is 330 g/mol. The summed E-state index contributed by atoms with van der Waals surface area (Å²) < 4.78 is 25.2. The number of imidazole rings is 1. The quantitative estimate of drug-likeness (QED) is 0.523. The van der Waals surface area contributed by atoms with Crippen LogP contribution < -0.4 is 0 Å². The number of nitro groups is 1. The molecule has 1 aromatic heterocycles. The first-order chi connectivity index (χ1) is 11.3. The highest BCUT2D eigenvalue weighted by Gasteiger charge is 2.16. The van der Waals surface area contributed by atoms with Crippen LogP contribution in [0.4, 0.5) is 5.69 Å². The Morgan fingerprint density at radius 2 is 1.92 bits per heavy atom. The molecule has 0 unspecified atom stereocenters. The van der Waals surface area contributed by atoms with Crippen LogP contribution in [0.2, 0.25) is 0 Å². The van der Waals surface area contributed by atoms with Gasteiger partial charge >= 0.3 is 0 Å². The Morgan fingerprint density at radius 1 is 1.17 bits per heavy atom. The highest BCUT2D eigenvalue weighted by molar-refractivity contribution is 7.89. The first-order valence-corrected chi connectivity index (χ1v) is 9.25. The third-order valence-corrected chi connectivity index (χ3v) is 4.37. The zero-order valence-electron chi connectivity index (χ0n) is 12.9. The summed E-state index contributed by atoms with van der Waals surface area (Å²) in [5, 5.41) is 10.9. The number of nitro benzene ring substituents is 1. The number of sulfone groups is 1. The largest absolute Gasteiger partial charge is 0.323 e. The van der Waals surface area contributed by atoms with Crippen LogP contribution in [0.3, 0.4) is 0 Å². The molecule has 0 atom stereocenters. The molecule has 0 aliphatic carbocycles. The van der Waals surface area contributed by atoms with Gasteiger partial charge in [-0.1, -0.05) is 24.3 Å². The number of hydrogen-bond donors (Lipinski definition) is 0. The van der Waals surface area contributed by atoms with Crippen molar-refractivity contribution in [1.29, 1.82) is 0 Å². The number of para-hydroxylation sites is 2. The molecule has 0 saturated carbocycles. The monoisotopic (exact) mass is 345 g/mol. The van der Waals surface area contributed by atoms with Crippen molar-refractivity contribution in [2.75, 3.05) is 6.26 Å². The Labute approximate surface area is 138 Å². The lowest BCUT2D eigenvalue weighted by Gasteiger charge is -2.09. The number of nitrogens with zero attached hydrogens (tertiary/aromatic N) is 3. The maximum absolute atomic E-state index is 11.7. The Bertz CT molecular complexity index is 1020. The van der Waals surface area contributed by atoms with Crippen molar-refractivity contribution in [2.45, 2.75) is 12.3 Å². The summed E-state index contributed by atoms with van der Waals surface area (Å²) >= 11 is 0. The van der Waals surface area contributed by atoms with Crippen molar-refractivity contribution in [3.05, 3.63) is 70.0 Å². The van der Waals surface area contributed by atoms with Crippen LogP contribution in [0.25, 0.3) is 11.0 Å². The van der Waals surface area contributed by atoms with E-state index in [1.807, 2.05) is 24.3 Å². The summed E-state index contributed by atoms with van der Waals surface area (Å²) in [6.45, 7) is 0.313. The third-order valence-electron chi connectivity index (χ3n) is 3.59. The van der Waals surface area contributed by atoms with Gasteiger partial charge in [-0.15, -0.1) is 0 Å². The average Bonchev–Trinajstić information content (AvgIpc) is 2.83. The maximum atomic E-state index is 11.7. The third kappa shape index (κ3) is 3.43. The van der Waals surface area contributed by atoms with Gasteiger partial charge in [-0.3, -0.25) is 10.1 Å². The molecule has 0 spiro atoms. The van der Waals surface area contributed by atoms with Crippen LogP contribution in [0, 0.1) is 10.1 Å². The molecule has 1 heterocycles. The van der Waals surface area contributed by atoms with Crippen LogP contribution in [0.5, 0.6) is 0 Å². The fourth-order valence-electron chi connectivity index (χ4n) is 2.60. The normalized spacial score (nSPS) is 11.7. The molecule has 3 rings (SSSR count). The number of hydrogen-bond acceptors (Lipinski definition) is 5. The number of aromatic nitrogens is 2. The van der Waals surface area contributed by atoms with Crippen LogP contribution in [-0.4, -0.2) is 29.1 Å². The Balaban J connectivity index is 2.09. The van der Waals surface area contributed by atoms with Crippen molar-refractivity contribution in [2.24, 2.45) is 0 Å². The van der Waals surface area contributed by atoms with Crippen molar-refractivity contribution < 1.29 is 13.3 Å². The molecule has 0 aliphatic heterocycles. The maximum Gasteiger partial charge on any atom is 0.269 e. The summed E-state index contributed by atoms with van der Waals surface area (Å²) in [5.74, 6) is 0.238. The van der Waals surface area contributed by atoms with E-state index in [1.54, 1.807) is 16.7 Å². The van der Waals surface area contributed by atoms with E-state index in [-0.39, 0.29) is 11.4 Å². The minimum Gasteiger partial charge on any atom is -0.323 e. The van der Waals surface area contributed by atoms with Crippen molar-refractivity contribution in [3.8, 4) is 0 Å². The highest BCUT2D eigenvalue weighted by Crippen LogP contribution is 2.21. The van der Waals surface area contributed by atoms with Crippen LogP contribution in [-0.2, 0) is 22.1 Å². The van der Waals surface area contributed by atoms with E-state index in [2.05, 4.69) is 4.98 Å². The lowest BCUT2D eigenvalue weighted by molar-refractivity contribution is -0.384. The first-order valence-electron chi connectivity index (χ1n) is 7.19. The van der Waals surface area contributed by atoms with E-state index in [9.17, 15) is 18.5 Å². The van der Waals surface area contributed by atoms with Crippen molar-refractivity contribution in [3.63, 3.8) is 0 Å². The summed E-state index contributed by atoms with van der Waals surface area (Å²) in [7, 11) is -3.25. The van der Waals surface area contributed by atoms with Crippen LogP contribution in [0.1, 0.15) is 11.4 Å². The molecule has 124 valence electrons. The average molecular weight is 345 g/mol. The molecule has 0 saturated heterocycles. The van der Waals surface area contributed by atoms with E-state index in [0.29, 0.717) is 23.4 Å². The highest BCUT2D eigenvalue weighted by atomic mass is 32.2. The SMILES string of the molecule is CS(=O)(=O)Cc1nc2ccccc2n1Cc1cccc([N+](=O)[O-])c1. The summed E-state index contributed by atoms with van der Waals surface area (Å²) in [6.07, 6.45) is 1.16. The smallest absolute Gasteiger partial charge is 0.269 e. The predicted molar refractivity (Wildman–Crippen MR) is 90.5 cm³/mol. The van der Waals surface area contributed by atoms with Gasteiger partial charge in [-0.25, -0.2) is 13.4 Å². The Morgan fingerprint density at radius 3 is 2.62 bits per heavy atom. The molecule has 24 heavy (non-hydrogen) atoms. The second-order valence-corrected chi connectivity index (χ2v) is 7.74. The van der Waals surface area contributed by atoms with Gasteiger partial charge < -0.3 is 4.57 Å². The fourth-order valence-corrected chi connectivity index (χ4v) is 3.29. The van der Waals surface area contributed by atoms with Crippen molar-refractivity contribution in [1.82, 2.24) is 9.55 Å². The van der Waals surface area contributed by atoms with Gasteiger partial charge in [0.25, 0.3) is 5.69 Å². The van der Waals surface area contributed by atoms with Gasteiger partial charge in [0.15, 0.2) is 9.84 Å². The summed E-state index contributed by atoms with van der Waals surface area (Å²) in [5.41, 5.74) is 2.20. The van der Waals surface area contributed by atoms with E-state index in [0.717, 1.165) is 11.8 Å². The van der Waals surface area contributed by atoms with E-state index in [4.69, 9.17) is 0 Å². The van der Waals surface area contributed by atoms with Gasteiger partial charge in [-0.2, -0.15) is 0 Å². The fraction of sp³-hybridized carbons (Fsp3) is 0.188. The van der Waals surface area contributed by atoms with Gasteiger partial charge in [0.2, 0.25) is 0 Å². The minimum atomic E-state index is -3.25. The molecule has 0 N–H and O–H groups in total. The number of fused-ring (bicyclic) bond motifs is 1. The summed E-state index contributed by atoms with van der Waals surface area (Å²) in [6, 6.07) is 13.6. The minimum absolute atomic E-state index is 0.00147. The van der Waals surface area contributed by atoms with Gasteiger partial charge in [-0.05, 0) is 17.7 Å². The zero-order chi connectivity index (χ0) is 17.3. The summed E-state index contributed by atoms with van der Waals surface area (Å²) in [4.78, 5) is 14.9. The predicted octanol–water partition coefficient (Wildman–Crippen LogP) is 2.54. The Hall–Kier alpha value is -2.74. The molecule has 3 aromatic rings. The molecule has 2 aromatic carbocycles. The standard InChI is InChI=1S/C16H15N3O4S/c1-24(22,23)11-16-17-14-7-2-3-8-15(14)18(16)10-12-5-4-6-13(9-12)19(20)21/h2-9H,10-11H2,1H3. The van der Waals surface area contributed by atoms with E-state index in [1.165, 1.54) is 12.1 Å². The van der Waals surface area contributed by atoms with Crippen LogP contribution in [0.15, 0.2) is 48.5 Å². The number of benzene rings is 2. The van der Waals surface area contributed by atoms with Gasteiger partial charge in [0.05, 0.1) is 16.0 Å². The topological polar surface area (TPSA) is 95.1 Å². The van der Waals surface area contributed by atoms with Gasteiger partial charge in [0.1, 0.15) is 11.6 Å². The zero-order valence-corrected chi connectivity index (χ0v) is 13.7. The lowest BCUT2D eigenvalue weighted by Crippen LogP contribution is -2.10. The van der Waals surface area contributed by atoms with E-state index >= 15 is 0 Å². The number of non-ortho nitro benzene ring substituents is 1. The Kier molecular flexibility index (Phi) is 4.06. The van der Waals surface area contributed by atoms with E-state index < -0.39 is 14.8 Å². The molecule has 0 aliphatic rings. The lowest BCUT2D eigenvalue weighted by atomic mass is 10.2. The first kappa shape index (κ1) is 16.1. The van der Waals surface area contributed by atoms with Crippen molar-refractivity contribution >= 4 is 26.6 Å². The van der Waals surface area contributed by atoms with Gasteiger partial charge in [0, 0.05) is 24.9 Å². The second-order valence-electron chi connectivity index (χ2n) is 5.60. The molecular formula is C16H15N3O4S. The molecule has 0 amide bonds.